The van der Waals surface area contributed by atoms with E-state index in [0.29, 0.717) is 22.6 Å². The van der Waals surface area contributed by atoms with Crippen molar-refractivity contribution in [3.63, 3.8) is 0 Å². The van der Waals surface area contributed by atoms with E-state index in [2.05, 4.69) is 32.4 Å². The van der Waals surface area contributed by atoms with Gasteiger partial charge in [-0.1, -0.05) is 24.3 Å². The number of pyridine rings is 1. The number of nitrogens with two attached hydrogens (primary N) is 1. The first-order valence-electron chi connectivity index (χ1n) is 12.2. The molecule has 0 atom stereocenters. The van der Waals surface area contributed by atoms with Crippen LogP contribution in [0.2, 0.25) is 0 Å². The number of fused-ring (bicyclic) bond motifs is 2. The molecule has 1 aliphatic carbocycles. The SMILES string of the molecule is CC1(C)C(=O)Nc2nc(-c3nc(Cc4c(F)ccc(F)c4F)n4cc(C5=CCCC=C5)ccc34)nc(N)c21. The van der Waals surface area contributed by atoms with Crippen molar-refractivity contribution in [3.05, 3.63) is 88.7 Å². The summed E-state index contributed by atoms with van der Waals surface area (Å²) in [6, 6.07) is 5.37. The number of nitrogen functional groups attached to an aromatic ring is 1. The van der Waals surface area contributed by atoms with Crippen LogP contribution in [0.1, 0.15) is 49.2 Å². The second-order valence-corrected chi connectivity index (χ2v) is 9.92. The van der Waals surface area contributed by atoms with Gasteiger partial charge in [0.25, 0.3) is 0 Å². The molecule has 3 N–H and O–H groups in total. The predicted octanol–water partition coefficient (Wildman–Crippen LogP) is 5.34. The number of anilines is 2. The molecule has 0 saturated carbocycles. The molecule has 4 aromatic rings. The van der Waals surface area contributed by atoms with Crippen molar-refractivity contribution in [2.24, 2.45) is 0 Å². The standard InChI is InChI=1S/C28H23F3N6O/c1-28(2)21-24(32)34-26(35-25(21)36-27(28)38)23-19-11-8-15(14-6-4-3-5-7-14)13-37(19)20(33-23)12-16-17(29)9-10-18(30)22(16)31/h4,6-11,13H,3,5,12H2,1-2H3,(H3,32,34,35,36,38). The second kappa shape index (κ2) is 8.54. The third-order valence-electron chi connectivity index (χ3n) is 7.09. The van der Waals surface area contributed by atoms with Crippen molar-refractivity contribution >= 4 is 28.6 Å². The van der Waals surface area contributed by atoms with Crippen molar-refractivity contribution in [1.29, 1.82) is 0 Å². The van der Waals surface area contributed by atoms with Crippen LogP contribution in [0.3, 0.4) is 0 Å². The lowest BCUT2D eigenvalue weighted by molar-refractivity contribution is -0.119. The number of carbonyl (C=O) groups excluding carboxylic acids is 1. The second-order valence-electron chi connectivity index (χ2n) is 9.92. The fourth-order valence-electron chi connectivity index (χ4n) is 4.99. The minimum absolute atomic E-state index is 0.132. The van der Waals surface area contributed by atoms with E-state index in [9.17, 15) is 18.0 Å². The molecular formula is C28H23F3N6O. The Morgan fingerprint density at radius 1 is 1.05 bits per heavy atom. The molecule has 0 fully saturated rings. The zero-order valence-electron chi connectivity index (χ0n) is 20.6. The van der Waals surface area contributed by atoms with Gasteiger partial charge in [-0.3, -0.25) is 4.79 Å². The van der Waals surface area contributed by atoms with Crippen LogP contribution in [-0.4, -0.2) is 25.3 Å². The summed E-state index contributed by atoms with van der Waals surface area (Å²) in [5, 5.41) is 2.75. The summed E-state index contributed by atoms with van der Waals surface area (Å²) in [6.07, 6.45) is 9.56. The number of amides is 1. The molecule has 3 aromatic heterocycles. The van der Waals surface area contributed by atoms with E-state index >= 15 is 0 Å². The Morgan fingerprint density at radius 3 is 2.61 bits per heavy atom. The summed E-state index contributed by atoms with van der Waals surface area (Å²) in [6.45, 7) is 3.46. The van der Waals surface area contributed by atoms with Gasteiger partial charge in [-0.25, -0.2) is 28.1 Å². The number of hydrogen-bond donors (Lipinski definition) is 2. The quantitative estimate of drug-likeness (QED) is 0.357. The Labute approximate surface area is 215 Å². The monoisotopic (exact) mass is 516 g/mol. The molecule has 0 radical (unpaired) electrons. The average molecular weight is 517 g/mol. The molecule has 38 heavy (non-hydrogen) atoms. The van der Waals surface area contributed by atoms with Gasteiger partial charge < -0.3 is 15.5 Å². The Balaban J connectivity index is 1.55. The fraction of sp³-hybridized carbons (Fsp3) is 0.214. The number of allylic oxidation sites excluding steroid dienone is 4. The number of nitrogens with zero attached hydrogens (tertiary/aromatic N) is 4. The average Bonchev–Trinajstić information content (AvgIpc) is 3.37. The summed E-state index contributed by atoms with van der Waals surface area (Å²) < 4.78 is 44.9. The minimum Gasteiger partial charge on any atom is -0.383 e. The predicted molar refractivity (Wildman–Crippen MR) is 138 cm³/mol. The largest absolute Gasteiger partial charge is 0.383 e. The van der Waals surface area contributed by atoms with Crippen LogP contribution in [0.15, 0.2) is 48.7 Å². The zero-order chi connectivity index (χ0) is 26.8. The van der Waals surface area contributed by atoms with Crippen molar-refractivity contribution in [1.82, 2.24) is 19.4 Å². The number of rotatable bonds is 4. The molecule has 2 aliphatic rings. The first kappa shape index (κ1) is 23.9. The topological polar surface area (TPSA) is 98.2 Å². The fourth-order valence-corrected chi connectivity index (χ4v) is 4.99. The highest BCUT2D eigenvalue weighted by Crippen LogP contribution is 2.40. The van der Waals surface area contributed by atoms with Crippen molar-refractivity contribution < 1.29 is 18.0 Å². The molecule has 1 aromatic carbocycles. The molecule has 4 heterocycles. The number of hydrogen-bond acceptors (Lipinski definition) is 5. The Kier molecular flexibility index (Phi) is 5.37. The van der Waals surface area contributed by atoms with Gasteiger partial charge in [0.1, 0.15) is 29.0 Å². The highest BCUT2D eigenvalue weighted by Gasteiger charge is 2.42. The molecule has 7 nitrogen and oxygen atoms in total. The molecule has 192 valence electrons. The number of nitrogens with one attached hydrogen (secondary N) is 1. The van der Waals surface area contributed by atoms with Crippen molar-refractivity contribution in [2.45, 2.75) is 38.5 Å². The third kappa shape index (κ3) is 3.67. The summed E-state index contributed by atoms with van der Waals surface area (Å²) in [5.41, 5.74) is 8.18. The smallest absolute Gasteiger partial charge is 0.235 e. The van der Waals surface area contributed by atoms with E-state index in [0.717, 1.165) is 36.1 Å². The van der Waals surface area contributed by atoms with Gasteiger partial charge in [-0.15, -0.1) is 0 Å². The molecule has 1 amide bonds. The molecule has 10 heteroatoms. The van der Waals surface area contributed by atoms with E-state index in [4.69, 9.17) is 5.73 Å². The number of benzene rings is 1. The molecule has 0 spiro atoms. The van der Waals surface area contributed by atoms with Crippen LogP contribution < -0.4 is 11.1 Å². The summed E-state index contributed by atoms with van der Waals surface area (Å²) in [4.78, 5) is 26.1. The van der Waals surface area contributed by atoms with Crippen LogP contribution in [0.5, 0.6) is 0 Å². The van der Waals surface area contributed by atoms with E-state index < -0.39 is 28.4 Å². The third-order valence-corrected chi connectivity index (χ3v) is 7.09. The minimum atomic E-state index is -1.26. The molecule has 1 aliphatic heterocycles. The molecule has 0 unspecified atom stereocenters. The lowest BCUT2D eigenvalue weighted by Crippen LogP contribution is -2.27. The van der Waals surface area contributed by atoms with Crippen molar-refractivity contribution in [3.8, 4) is 11.5 Å². The summed E-state index contributed by atoms with van der Waals surface area (Å²) in [5.74, 6) is -2.71. The van der Waals surface area contributed by atoms with Crippen LogP contribution in [0, 0.1) is 17.5 Å². The van der Waals surface area contributed by atoms with Gasteiger partial charge in [0, 0.05) is 18.2 Å². The van der Waals surface area contributed by atoms with Crippen LogP contribution in [0.4, 0.5) is 24.8 Å². The van der Waals surface area contributed by atoms with Gasteiger partial charge in [-0.05, 0) is 56.0 Å². The van der Waals surface area contributed by atoms with Gasteiger partial charge in [-0.2, -0.15) is 0 Å². The van der Waals surface area contributed by atoms with E-state index in [-0.39, 0.29) is 29.8 Å². The number of halogens is 3. The maximum absolute atomic E-state index is 14.6. The first-order valence-corrected chi connectivity index (χ1v) is 12.2. The lowest BCUT2D eigenvalue weighted by Gasteiger charge is -2.16. The number of aromatic nitrogens is 4. The molecular weight excluding hydrogens is 493 g/mol. The maximum atomic E-state index is 14.6. The molecule has 0 saturated heterocycles. The maximum Gasteiger partial charge on any atom is 0.235 e. The van der Waals surface area contributed by atoms with Gasteiger partial charge >= 0.3 is 0 Å². The van der Waals surface area contributed by atoms with E-state index in [1.54, 1.807) is 18.2 Å². The van der Waals surface area contributed by atoms with Crippen molar-refractivity contribution in [2.75, 3.05) is 11.1 Å². The van der Waals surface area contributed by atoms with Gasteiger partial charge in [0.2, 0.25) is 5.91 Å². The Morgan fingerprint density at radius 2 is 1.84 bits per heavy atom. The van der Waals surface area contributed by atoms with E-state index in [1.807, 2.05) is 24.4 Å². The van der Waals surface area contributed by atoms with Gasteiger partial charge in [0.05, 0.1) is 16.5 Å². The summed E-state index contributed by atoms with van der Waals surface area (Å²) >= 11 is 0. The lowest BCUT2D eigenvalue weighted by atomic mass is 9.87. The van der Waals surface area contributed by atoms with Crippen LogP contribution >= 0.6 is 0 Å². The number of imidazole rings is 1. The van der Waals surface area contributed by atoms with E-state index in [1.165, 1.54) is 0 Å². The van der Waals surface area contributed by atoms with Crippen LogP contribution in [0.25, 0.3) is 22.6 Å². The zero-order valence-corrected chi connectivity index (χ0v) is 20.6. The molecule has 0 bridgehead atoms. The first-order chi connectivity index (χ1) is 18.1. The molecule has 6 rings (SSSR count). The van der Waals surface area contributed by atoms with Gasteiger partial charge in [0.15, 0.2) is 17.5 Å². The highest BCUT2D eigenvalue weighted by molar-refractivity contribution is 6.06. The number of carbonyl (C=O) groups is 1. The Hall–Kier alpha value is -4.47. The normalized spacial score (nSPS) is 16.0. The highest BCUT2D eigenvalue weighted by atomic mass is 19.2. The summed E-state index contributed by atoms with van der Waals surface area (Å²) in [7, 11) is 0. The Bertz CT molecular complexity index is 1720. The van der Waals surface area contributed by atoms with Crippen LogP contribution in [-0.2, 0) is 16.6 Å².